The first-order valence-electron chi connectivity index (χ1n) is 11.2. The van der Waals surface area contributed by atoms with Gasteiger partial charge in [0.1, 0.15) is 0 Å². The lowest BCUT2D eigenvalue weighted by Gasteiger charge is -2.16. The molecule has 0 N–H and O–H groups in total. The monoisotopic (exact) mass is 388 g/mol. The van der Waals surface area contributed by atoms with Crippen LogP contribution in [0.3, 0.4) is 0 Å². The third-order valence-corrected chi connectivity index (χ3v) is 6.52. The van der Waals surface area contributed by atoms with E-state index in [9.17, 15) is 0 Å². The van der Waals surface area contributed by atoms with Gasteiger partial charge in [-0.15, -0.1) is 0 Å². The van der Waals surface area contributed by atoms with Crippen LogP contribution in [0, 0.1) is 0 Å². The molecule has 1 aliphatic rings. The molecule has 4 aromatic rings. The summed E-state index contributed by atoms with van der Waals surface area (Å²) in [6.45, 7) is 4.48. The largest absolute Gasteiger partial charge is 0.0622 e. The molecule has 0 radical (unpaired) electrons. The van der Waals surface area contributed by atoms with Crippen molar-refractivity contribution in [3.05, 3.63) is 130 Å². The lowest BCUT2D eigenvalue weighted by molar-refractivity contribution is 0.991. The van der Waals surface area contributed by atoms with E-state index in [1.54, 1.807) is 0 Å². The van der Waals surface area contributed by atoms with Crippen LogP contribution < -0.4 is 0 Å². The lowest BCUT2D eigenvalue weighted by atomic mass is 9.87. The smallest absolute Gasteiger partial charge is 0.0352 e. The molecule has 0 heterocycles. The Balaban J connectivity index is 1.56. The fourth-order valence-electron chi connectivity index (χ4n) is 4.82. The predicted molar refractivity (Wildman–Crippen MR) is 127 cm³/mol. The molecular weight excluding hydrogens is 360 g/mol. The van der Waals surface area contributed by atoms with Crippen LogP contribution in [0.1, 0.15) is 58.7 Å². The van der Waals surface area contributed by atoms with Gasteiger partial charge in [0, 0.05) is 5.92 Å². The van der Waals surface area contributed by atoms with Crippen LogP contribution in [0.15, 0.2) is 91.0 Å². The summed E-state index contributed by atoms with van der Waals surface area (Å²) in [6.07, 6.45) is 3.14. The Morgan fingerprint density at radius 3 is 1.57 bits per heavy atom. The van der Waals surface area contributed by atoms with E-state index in [4.69, 9.17) is 0 Å². The Hall–Kier alpha value is -3.12. The molecule has 4 aromatic carbocycles. The standard InChI is InChI=1S/C30H28/c1-3-21-12-16-26-27-17-13-22(4-2)20-29(27)30(28(26)19-21)25-14-10-24(11-15-25)18-23-8-6-5-7-9-23/h5-17,19-20,30H,3-4,18H2,1-2H3. The minimum Gasteiger partial charge on any atom is -0.0622 e. The summed E-state index contributed by atoms with van der Waals surface area (Å²) < 4.78 is 0. The Morgan fingerprint density at radius 2 is 1.03 bits per heavy atom. The molecule has 0 amide bonds. The molecule has 0 heteroatoms. The van der Waals surface area contributed by atoms with Crippen LogP contribution in [0.5, 0.6) is 0 Å². The lowest BCUT2D eigenvalue weighted by Crippen LogP contribution is -2.01. The van der Waals surface area contributed by atoms with E-state index in [1.807, 2.05) is 0 Å². The van der Waals surface area contributed by atoms with Gasteiger partial charge in [-0.3, -0.25) is 0 Å². The predicted octanol–water partition coefficient (Wildman–Crippen LogP) is 7.56. The fraction of sp³-hybridized carbons (Fsp3) is 0.200. The van der Waals surface area contributed by atoms with Crippen molar-refractivity contribution in [1.29, 1.82) is 0 Å². The average molecular weight is 389 g/mol. The molecule has 0 bridgehead atoms. The summed E-state index contributed by atoms with van der Waals surface area (Å²) in [5.41, 5.74) is 12.7. The van der Waals surface area contributed by atoms with Gasteiger partial charge < -0.3 is 0 Å². The fourth-order valence-corrected chi connectivity index (χ4v) is 4.82. The van der Waals surface area contributed by atoms with Crippen LogP contribution in [-0.2, 0) is 19.3 Å². The molecular formula is C30H28. The van der Waals surface area contributed by atoms with Gasteiger partial charge in [-0.2, -0.15) is 0 Å². The molecule has 148 valence electrons. The average Bonchev–Trinajstić information content (AvgIpc) is 3.13. The van der Waals surface area contributed by atoms with E-state index < -0.39 is 0 Å². The minimum atomic E-state index is 0.332. The molecule has 0 spiro atoms. The highest BCUT2D eigenvalue weighted by Gasteiger charge is 2.30. The molecule has 0 unspecified atom stereocenters. The molecule has 1 aliphatic carbocycles. The maximum absolute atomic E-state index is 2.43. The second-order valence-corrected chi connectivity index (χ2v) is 8.39. The highest BCUT2D eigenvalue weighted by Crippen LogP contribution is 2.48. The number of rotatable bonds is 5. The molecule has 0 atom stereocenters. The third kappa shape index (κ3) is 3.37. The minimum absolute atomic E-state index is 0.332. The van der Waals surface area contributed by atoms with Gasteiger partial charge in [0.2, 0.25) is 0 Å². The molecule has 0 aromatic heterocycles. The Bertz CT molecular complexity index is 1110. The second kappa shape index (κ2) is 7.95. The van der Waals surface area contributed by atoms with Crippen molar-refractivity contribution in [2.24, 2.45) is 0 Å². The van der Waals surface area contributed by atoms with Gasteiger partial charge in [-0.25, -0.2) is 0 Å². The number of hydrogen-bond donors (Lipinski definition) is 0. The normalized spacial score (nSPS) is 12.6. The van der Waals surface area contributed by atoms with Crippen LogP contribution >= 0.6 is 0 Å². The van der Waals surface area contributed by atoms with Gasteiger partial charge in [0.05, 0.1) is 0 Å². The molecule has 0 saturated carbocycles. The SMILES string of the molecule is CCc1ccc2c(c1)C(c1ccc(Cc3ccccc3)cc1)c1cc(CC)ccc1-2. The van der Waals surface area contributed by atoms with Gasteiger partial charge in [-0.05, 0) is 69.3 Å². The molecule has 0 aliphatic heterocycles. The molecule has 30 heavy (non-hydrogen) atoms. The summed E-state index contributed by atoms with van der Waals surface area (Å²) in [5, 5.41) is 0. The molecule has 5 rings (SSSR count). The van der Waals surface area contributed by atoms with E-state index in [0.29, 0.717) is 5.92 Å². The Kier molecular flexibility index (Phi) is 5.01. The van der Waals surface area contributed by atoms with E-state index in [2.05, 4.69) is 105 Å². The van der Waals surface area contributed by atoms with Crippen molar-refractivity contribution >= 4 is 0 Å². The van der Waals surface area contributed by atoms with Crippen molar-refractivity contribution in [2.75, 3.05) is 0 Å². The highest BCUT2D eigenvalue weighted by molar-refractivity contribution is 5.81. The Labute approximate surface area is 180 Å². The topological polar surface area (TPSA) is 0 Å². The van der Waals surface area contributed by atoms with Crippen molar-refractivity contribution in [3.8, 4) is 11.1 Å². The van der Waals surface area contributed by atoms with Crippen molar-refractivity contribution in [1.82, 2.24) is 0 Å². The van der Waals surface area contributed by atoms with Crippen LogP contribution in [0.25, 0.3) is 11.1 Å². The van der Waals surface area contributed by atoms with Crippen LogP contribution in [0.4, 0.5) is 0 Å². The highest BCUT2D eigenvalue weighted by atomic mass is 14.3. The zero-order chi connectivity index (χ0) is 20.5. The maximum atomic E-state index is 2.43. The quantitative estimate of drug-likeness (QED) is 0.291. The van der Waals surface area contributed by atoms with E-state index in [1.165, 1.54) is 50.1 Å². The van der Waals surface area contributed by atoms with E-state index in [-0.39, 0.29) is 0 Å². The van der Waals surface area contributed by atoms with Crippen LogP contribution in [0.2, 0.25) is 0 Å². The first-order valence-corrected chi connectivity index (χ1v) is 11.2. The van der Waals surface area contributed by atoms with Gasteiger partial charge in [0.25, 0.3) is 0 Å². The van der Waals surface area contributed by atoms with Gasteiger partial charge in [0.15, 0.2) is 0 Å². The second-order valence-electron chi connectivity index (χ2n) is 8.39. The van der Waals surface area contributed by atoms with E-state index in [0.717, 1.165) is 19.3 Å². The summed E-state index contributed by atoms with van der Waals surface area (Å²) in [6, 6.07) is 34.2. The zero-order valence-electron chi connectivity index (χ0n) is 17.9. The molecule has 0 nitrogen and oxygen atoms in total. The zero-order valence-corrected chi connectivity index (χ0v) is 17.9. The van der Waals surface area contributed by atoms with Crippen molar-refractivity contribution in [2.45, 2.75) is 39.0 Å². The third-order valence-electron chi connectivity index (χ3n) is 6.52. The summed E-state index contributed by atoms with van der Waals surface area (Å²) in [7, 11) is 0. The molecule has 0 fully saturated rings. The van der Waals surface area contributed by atoms with Crippen LogP contribution in [-0.4, -0.2) is 0 Å². The van der Waals surface area contributed by atoms with Crippen molar-refractivity contribution < 1.29 is 0 Å². The summed E-state index contributed by atoms with van der Waals surface area (Å²) in [5.74, 6) is 0.332. The first kappa shape index (κ1) is 18.9. The number of hydrogen-bond acceptors (Lipinski definition) is 0. The number of fused-ring (bicyclic) bond motifs is 3. The van der Waals surface area contributed by atoms with E-state index >= 15 is 0 Å². The first-order chi connectivity index (χ1) is 14.8. The number of aryl methyl sites for hydroxylation is 2. The number of benzene rings is 4. The Morgan fingerprint density at radius 1 is 0.533 bits per heavy atom. The van der Waals surface area contributed by atoms with Gasteiger partial charge >= 0.3 is 0 Å². The molecule has 0 saturated heterocycles. The van der Waals surface area contributed by atoms with Gasteiger partial charge in [-0.1, -0.05) is 105 Å². The maximum Gasteiger partial charge on any atom is 0.0352 e. The summed E-state index contributed by atoms with van der Waals surface area (Å²) in [4.78, 5) is 0. The summed E-state index contributed by atoms with van der Waals surface area (Å²) >= 11 is 0. The van der Waals surface area contributed by atoms with Crippen molar-refractivity contribution in [3.63, 3.8) is 0 Å².